The van der Waals surface area contributed by atoms with Gasteiger partial charge in [-0.25, -0.2) is 4.98 Å². The van der Waals surface area contributed by atoms with Gasteiger partial charge >= 0.3 is 0 Å². The van der Waals surface area contributed by atoms with Gasteiger partial charge in [0.15, 0.2) is 0 Å². The van der Waals surface area contributed by atoms with Gasteiger partial charge in [0, 0.05) is 6.54 Å². The number of hydrogen-bond donors (Lipinski definition) is 2. The fourth-order valence-electron chi connectivity index (χ4n) is 1.16. The quantitative estimate of drug-likeness (QED) is 0.813. The third kappa shape index (κ3) is 3.13. The molecule has 1 aromatic heterocycles. The zero-order chi connectivity index (χ0) is 12.2. The number of nitrogens with two attached hydrogens (primary N) is 1. The molecule has 0 amide bonds. The fourth-order valence-corrected chi connectivity index (χ4v) is 1.16. The highest BCUT2D eigenvalue weighted by Gasteiger charge is 2.15. The first-order chi connectivity index (χ1) is 7.48. The van der Waals surface area contributed by atoms with Crippen LogP contribution in [-0.2, 0) is 0 Å². The van der Waals surface area contributed by atoms with Crippen molar-refractivity contribution in [2.24, 2.45) is 5.41 Å². The van der Waals surface area contributed by atoms with Gasteiger partial charge in [-0.15, -0.1) is 0 Å². The molecular weight excluding hydrogens is 200 g/mol. The lowest BCUT2D eigenvalue weighted by molar-refractivity contribution is 0.376. The van der Waals surface area contributed by atoms with Crippen LogP contribution in [0.4, 0.5) is 11.5 Å². The van der Waals surface area contributed by atoms with Crippen LogP contribution in [0.15, 0.2) is 12.3 Å². The summed E-state index contributed by atoms with van der Waals surface area (Å²) >= 11 is 0. The highest BCUT2D eigenvalue weighted by atomic mass is 15.0. The summed E-state index contributed by atoms with van der Waals surface area (Å²) < 4.78 is 0. The van der Waals surface area contributed by atoms with Crippen LogP contribution in [0, 0.1) is 16.7 Å². The second-order valence-corrected chi connectivity index (χ2v) is 4.65. The standard InChI is InChI=1S/C12H18N4/c1-4-12(2,3)8-16-11-9(6-13)5-10(14)7-15-11/h5,7H,4,8,14H2,1-3H3,(H,15,16). The van der Waals surface area contributed by atoms with Crippen molar-refractivity contribution in [2.45, 2.75) is 27.2 Å². The van der Waals surface area contributed by atoms with E-state index in [1.54, 1.807) is 12.3 Å². The molecule has 0 aromatic carbocycles. The van der Waals surface area contributed by atoms with Gasteiger partial charge in [-0.3, -0.25) is 0 Å². The number of nitrogens with one attached hydrogen (secondary N) is 1. The molecule has 0 unspecified atom stereocenters. The summed E-state index contributed by atoms with van der Waals surface area (Å²) in [5.41, 5.74) is 6.76. The van der Waals surface area contributed by atoms with E-state index in [1.807, 2.05) is 0 Å². The maximum Gasteiger partial charge on any atom is 0.144 e. The first-order valence-electron chi connectivity index (χ1n) is 5.38. The molecule has 0 atom stereocenters. The number of nitriles is 1. The first-order valence-corrected chi connectivity index (χ1v) is 5.38. The van der Waals surface area contributed by atoms with Gasteiger partial charge in [-0.2, -0.15) is 5.26 Å². The van der Waals surface area contributed by atoms with Gasteiger partial charge in [0.2, 0.25) is 0 Å². The van der Waals surface area contributed by atoms with Crippen LogP contribution in [0.3, 0.4) is 0 Å². The number of pyridine rings is 1. The molecule has 3 N–H and O–H groups in total. The second-order valence-electron chi connectivity index (χ2n) is 4.65. The molecule has 1 aromatic rings. The monoisotopic (exact) mass is 218 g/mol. The lowest BCUT2D eigenvalue weighted by Gasteiger charge is -2.23. The van der Waals surface area contributed by atoms with E-state index in [-0.39, 0.29) is 5.41 Å². The summed E-state index contributed by atoms with van der Waals surface area (Å²) in [6.45, 7) is 7.27. The summed E-state index contributed by atoms with van der Waals surface area (Å²) in [5, 5.41) is 12.1. The predicted octanol–water partition coefficient (Wildman–Crippen LogP) is 2.38. The highest BCUT2D eigenvalue weighted by Crippen LogP contribution is 2.21. The Bertz CT molecular complexity index is 404. The Morgan fingerprint density at radius 1 is 1.56 bits per heavy atom. The van der Waals surface area contributed by atoms with Crippen molar-refractivity contribution < 1.29 is 0 Å². The van der Waals surface area contributed by atoms with E-state index in [9.17, 15) is 0 Å². The molecule has 16 heavy (non-hydrogen) atoms. The molecule has 0 aliphatic carbocycles. The van der Waals surface area contributed by atoms with E-state index in [1.165, 1.54) is 0 Å². The molecule has 0 fully saturated rings. The molecule has 0 saturated carbocycles. The molecule has 0 radical (unpaired) electrons. The average Bonchev–Trinajstić information content (AvgIpc) is 2.27. The summed E-state index contributed by atoms with van der Waals surface area (Å²) in [6.07, 6.45) is 2.62. The summed E-state index contributed by atoms with van der Waals surface area (Å²) in [4.78, 5) is 4.13. The Balaban J connectivity index is 2.79. The highest BCUT2D eigenvalue weighted by molar-refractivity contribution is 5.57. The molecule has 86 valence electrons. The van der Waals surface area contributed by atoms with Crippen LogP contribution in [0.2, 0.25) is 0 Å². The van der Waals surface area contributed by atoms with E-state index in [0.29, 0.717) is 17.1 Å². The summed E-state index contributed by atoms with van der Waals surface area (Å²) in [6, 6.07) is 3.72. The Kier molecular flexibility index (Phi) is 3.73. The number of nitrogen functional groups attached to an aromatic ring is 1. The van der Waals surface area contributed by atoms with Crippen molar-refractivity contribution in [1.29, 1.82) is 5.26 Å². The van der Waals surface area contributed by atoms with Gasteiger partial charge in [0.05, 0.1) is 17.4 Å². The minimum absolute atomic E-state index is 0.190. The molecule has 0 aliphatic heterocycles. The molecule has 1 heterocycles. The molecular formula is C12H18N4. The van der Waals surface area contributed by atoms with Crippen LogP contribution in [0.1, 0.15) is 32.8 Å². The average molecular weight is 218 g/mol. The van der Waals surface area contributed by atoms with E-state index < -0.39 is 0 Å². The lowest BCUT2D eigenvalue weighted by Crippen LogP contribution is -2.22. The smallest absolute Gasteiger partial charge is 0.144 e. The number of anilines is 2. The minimum Gasteiger partial charge on any atom is -0.397 e. The third-order valence-corrected chi connectivity index (χ3v) is 2.72. The molecule has 0 bridgehead atoms. The van der Waals surface area contributed by atoms with Crippen molar-refractivity contribution in [3.8, 4) is 6.07 Å². The minimum atomic E-state index is 0.190. The molecule has 0 aliphatic rings. The maximum absolute atomic E-state index is 8.94. The fraction of sp³-hybridized carbons (Fsp3) is 0.500. The zero-order valence-electron chi connectivity index (χ0n) is 10.0. The normalized spacial score (nSPS) is 10.9. The topological polar surface area (TPSA) is 74.7 Å². The number of nitrogens with zero attached hydrogens (tertiary/aromatic N) is 2. The van der Waals surface area contributed by atoms with E-state index in [0.717, 1.165) is 13.0 Å². The summed E-state index contributed by atoms with van der Waals surface area (Å²) in [7, 11) is 0. The van der Waals surface area contributed by atoms with E-state index >= 15 is 0 Å². The Morgan fingerprint density at radius 2 is 2.25 bits per heavy atom. The number of aromatic nitrogens is 1. The van der Waals surface area contributed by atoms with Gasteiger partial charge in [-0.05, 0) is 17.9 Å². The summed E-state index contributed by atoms with van der Waals surface area (Å²) in [5.74, 6) is 0.609. The van der Waals surface area contributed by atoms with Crippen LogP contribution in [0.25, 0.3) is 0 Å². The molecule has 4 heteroatoms. The van der Waals surface area contributed by atoms with Crippen molar-refractivity contribution in [1.82, 2.24) is 4.98 Å². The van der Waals surface area contributed by atoms with Crippen molar-refractivity contribution in [3.05, 3.63) is 17.8 Å². The van der Waals surface area contributed by atoms with Crippen molar-refractivity contribution in [2.75, 3.05) is 17.6 Å². The predicted molar refractivity (Wildman–Crippen MR) is 65.9 cm³/mol. The number of rotatable bonds is 4. The zero-order valence-corrected chi connectivity index (χ0v) is 10.0. The third-order valence-electron chi connectivity index (χ3n) is 2.72. The largest absolute Gasteiger partial charge is 0.397 e. The molecule has 4 nitrogen and oxygen atoms in total. The SMILES string of the molecule is CCC(C)(C)CNc1ncc(N)cc1C#N. The second kappa shape index (κ2) is 4.84. The number of hydrogen-bond acceptors (Lipinski definition) is 4. The molecule has 0 spiro atoms. The van der Waals surface area contributed by atoms with Gasteiger partial charge in [0.25, 0.3) is 0 Å². The van der Waals surface area contributed by atoms with Crippen molar-refractivity contribution in [3.63, 3.8) is 0 Å². The van der Waals surface area contributed by atoms with Crippen LogP contribution in [-0.4, -0.2) is 11.5 Å². The lowest BCUT2D eigenvalue weighted by atomic mass is 9.90. The van der Waals surface area contributed by atoms with Gasteiger partial charge in [-0.1, -0.05) is 20.8 Å². The molecule has 1 rings (SSSR count). The van der Waals surface area contributed by atoms with Crippen molar-refractivity contribution >= 4 is 11.5 Å². The maximum atomic E-state index is 8.94. The molecule has 0 saturated heterocycles. The Labute approximate surface area is 96.5 Å². The Hall–Kier alpha value is -1.76. The van der Waals surface area contributed by atoms with E-state index in [4.69, 9.17) is 11.0 Å². The van der Waals surface area contributed by atoms with Crippen LogP contribution >= 0.6 is 0 Å². The van der Waals surface area contributed by atoms with Crippen LogP contribution < -0.4 is 11.1 Å². The van der Waals surface area contributed by atoms with E-state index in [2.05, 4.69) is 37.1 Å². The van der Waals surface area contributed by atoms with Gasteiger partial charge < -0.3 is 11.1 Å². The van der Waals surface area contributed by atoms with Crippen LogP contribution in [0.5, 0.6) is 0 Å². The van der Waals surface area contributed by atoms with Gasteiger partial charge in [0.1, 0.15) is 11.9 Å². The Morgan fingerprint density at radius 3 is 2.81 bits per heavy atom. The first kappa shape index (κ1) is 12.3.